The molecule has 1 aromatic carbocycles. The maximum absolute atomic E-state index is 10.4. The van der Waals surface area contributed by atoms with Crippen LogP contribution in [0.3, 0.4) is 0 Å². The van der Waals surface area contributed by atoms with Crippen molar-refractivity contribution in [2.75, 3.05) is 0 Å². The van der Waals surface area contributed by atoms with Gasteiger partial charge in [-0.25, -0.2) is 0 Å². The molecule has 0 saturated heterocycles. The highest BCUT2D eigenvalue weighted by atomic mass is 28.2. The van der Waals surface area contributed by atoms with E-state index in [1.165, 1.54) is 81.9 Å². The van der Waals surface area contributed by atoms with Crippen molar-refractivity contribution in [2.45, 2.75) is 136 Å². The summed E-state index contributed by atoms with van der Waals surface area (Å²) in [6, 6.07) is 9.11. The summed E-state index contributed by atoms with van der Waals surface area (Å²) in [7, 11) is 1.06. The Labute approximate surface area is 191 Å². The van der Waals surface area contributed by atoms with Gasteiger partial charge in [0.1, 0.15) is 5.75 Å². The lowest BCUT2D eigenvalue weighted by Crippen LogP contribution is -2.14. The Morgan fingerprint density at radius 1 is 0.867 bits per heavy atom. The van der Waals surface area contributed by atoms with Crippen molar-refractivity contribution >= 4 is 9.52 Å². The highest BCUT2D eigenvalue weighted by Crippen LogP contribution is 2.37. The van der Waals surface area contributed by atoms with Crippen LogP contribution in [0.5, 0.6) is 5.75 Å². The highest BCUT2D eigenvalue weighted by Gasteiger charge is 2.22. The number of rotatable bonds is 14. The lowest BCUT2D eigenvalue weighted by atomic mass is 9.81. The second-order valence-corrected chi connectivity index (χ2v) is 12.9. The zero-order chi connectivity index (χ0) is 22.6. The quantitative estimate of drug-likeness (QED) is 0.230. The number of hydrogen-bond donors (Lipinski definition) is 1. The largest absolute Gasteiger partial charge is 0.508 e. The van der Waals surface area contributed by atoms with Gasteiger partial charge in [-0.1, -0.05) is 124 Å². The zero-order valence-electron chi connectivity index (χ0n) is 21.2. The molecule has 2 heteroatoms. The van der Waals surface area contributed by atoms with Crippen LogP contribution in [0.2, 0.25) is 12.1 Å². The van der Waals surface area contributed by atoms with Crippen molar-refractivity contribution in [1.82, 2.24) is 0 Å². The summed E-state index contributed by atoms with van der Waals surface area (Å²) in [6.45, 7) is 15.9. The lowest BCUT2D eigenvalue weighted by Gasteiger charge is -2.26. The summed E-state index contributed by atoms with van der Waals surface area (Å²) < 4.78 is 0. The van der Waals surface area contributed by atoms with Crippen LogP contribution < -0.4 is 0 Å². The van der Waals surface area contributed by atoms with Crippen LogP contribution in [0.1, 0.15) is 130 Å². The Kier molecular flexibility index (Phi) is 12.4. The van der Waals surface area contributed by atoms with E-state index in [0.29, 0.717) is 17.1 Å². The molecule has 0 aliphatic rings. The van der Waals surface area contributed by atoms with E-state index in [-0.39, 0.29) is 5.41 Å². The Hall–Kier alpha value is -0.763. The average Bonchev–Trinajstić information content (AvgIpc) is 2.64. The first-order valence-corrected chi connectivity index (χ1v) is 14.0. The molecule has 0 aliphatic heterocycles. The predicted octanol–water partition coefficient (Wildman–Crippen LogP) is 9.28. The number of phenols is 1. The van der Waals surface area contributed by atoms with Gasteiger partial charge in [0.15, 0.2) is 0 Å². The summed E-state index contributed by atoms with van der Waals surface area (Å²) >= 11 is 0. The second-order valence-electron chi connectivity index (χ2n) is 11.5. The molecule has 1 rings (SSSR count). The number of hydrogen-bond acceptors (Lipinski definition) is 1. The van der Waals surface area contributed by atoms with Crippen molar-refractivity contribution in [3.8, 4) is 5.75 Å². The van der Waals surface area contributed by atoms with E-state index in [2.05, 4.69) is 60.6 Å². The third-order valence-electron chi connectivity index (χ3n) is 6.14. The molecule has 1 N–H and O–H groups in total. The van der Waals surface area contributed by atoms with E-state index in [4.69, 9.17) is 0 Å². The van der Waals surface area contributed by atoms with Gasteiger partial charge < -0.3 is 5.11 Å². The predicted molar refractivity (Wildman–Crippen MR) is 136 cm³/mol. The maximum Gasteiger partial charge on any atom is 0.119 e. The van der Waals surface area contributed by atoms with Crippen LogP contribution in [0.25, 0.3) is 0 Å². The number of unbranched alkanes of at least 4 members (excludes halogenated alkanes) is 7. The molecule has 172 valence electrons. The van der Waals surface area contributed by atoms with Gasteiger partial charge >= 0.3 is 0 Å². The first-order chi connectivity index (χ1) is 14.0. The summed E-state index contributed by atoms with van der Waals surface area (Å²) in [6.07, 6.45) is 13.8. The number of phenolic OH excluding ortho intramolecular Hbond substituents is 1. The lowest BCUT2D eigenvalue weighted by molar-refractivity contribution is 0.352. The molecule has 2 radical (unpaired) electrons. The van der Waals surface area contributed by atoms with Crippen molar-refractivity contribution < 1.29 is 5.11 Å². The van der Waals surface area contributed by atoms with Gasteiger partial charge in [0.25, 0.3) is 0 Å². The van der Waals surface area contributed by atoms with Crippen LogP contribution in [0.4, 0.5) is 0 Å². The minimum atomic E-state index is -0.0198. The average molecular weight is 431 g/mol. The molecule has 0 amide bonds. The fourth-order valence-corrected chi connectivity index (χ4v) is 5.55. The molecule has 1 aromatic rings. The zero-order valence-corrected chi connectivity index (χ0v) is 22.2. The number of benzene rings is 1. The monoisotopic (exact) mass is 430 g/mol. The van der Waals surface area contributed by atoms with Gasteiger partial charge in [0.2, 0.25) is 0 Å². The van der Waals surface area contributed by atoms with Gasteiger partial charge in [-0.3, -0.25) is 0 Å². The SMILES string of the molecule is CCCCCCCCCC[Si]CC(CCC(C)(C)C)c1ccc(O)c(C(C)(C)C)c1. The minimum absolute atomic E-state index is 0.0198. The van der Waals surface area contributed by atoms with Crippen LogP contribution >= 0.6 is 0 Å². The standard InChI is InChI=1S/C28H50OSi/c1-8-9-10-11-12-13-14-15-20-30-22-24(18-19-27(2,3)4)23-16-17-26(29)25(21-23)28(5,6)7/h16-17,21,24,29H,8-15,18-20,22H2,1-7H3. The molecule has 0 aliphatic carbocycles. The van der Waals surface area contributed by atoms with E-state index in [1.54, 1.807) is 0 Å². The first kappa shape index (κ1) is 27.3. The molecule has 0 aromatic heterocycles. The van der Waals surface area contributed by atoms with E-state index < -0.39 is 0 Å². The first-order valence-electron chi connectivity index (χ1n) is 12.6. The molecule has 1 atom stereocenters. The second kappa shape index (κ2) is 13.6. The fourth-order valence-electron chi connectivity index (χ4n) is 4.06. The maximum atomic E-state index is 10.4. The number of aromatic hydroxyl groups is 1. The van der Waals surface area contributed by atoms with E-state index in [0.717, 1.165) is 15.1 Å². The van der Waals surface area contributed by atoms with Crippen LogP contribution in [-0.2, 0) is 5.41 Å². The topological polar surface area (TPSA) is 20.2 Å². The smallest absolute Gasteiger partial charge is 0.119 e. The highest BCUT2D eigenvalue weighted by molar-refractivity contribution is 6.35. The molecular formula is C28H50OSi. The molecule has 1 unspecified atom stereocenters. The summed E-state index contributed by atoms with van der Waals surface area (Å²) in [5, 5.41) is 10.4. The summed E-state index contributed by atoms with van der Waals surface area (Å²) in [5.74, 6) is 1.07. The minimum Gasteiger partial charge on any atom is -0.508 e. The van der Waals surface area contributed by atoms with Crippen LogP contribution in [-0.4, -0.2) is 14.6 Å². The van der Waals surface area contributed by atoms with Crippen molar-refractivity contribution in [1.29, 1.82) is 0 Å². The Balaban J connectivity index is 2.57. The third-order valence-corrected chi connectivity index (χ3v) is 7.63. The molecule has 0 fully saturated rings. The molecule has 0 saturated carbocycles. The van der Waals surface area contributed by atoms with Gasteiger partial charge in [0.05, 0.1) is 0 Å². The fraction of sp³-hybridized carbons (Fsp3) is 0.786. The van der Waals surface area contributed by atoms with E-state index in [1.807, 2.05) is 6.07 Å². The van der Waals surface area contributed by atoms with Crippen molar-refractivity contribution in [3.05, 3.63) is 29.3 Å². The normalized spacial score (nSPS) is 13.6. The Bertz CT molecular complexity index is 579. The molecule has 30 heavy (non-hydrogen) atoms. The summed E-state index contributed by atoms with van der Waals surface area (Å²) in [4.78, 5) is 0. The third kappa shape index (κ3) is 11.6. The van der Waals surface area contributed by atoms with Gasteiger partial charge in [0, 0.05) is 9.52 Å². The van der Waals surface area contributed by atoms with Crippen molar-refractivity contribution in [3.63, 3.8) is 0 Å². The molecule has 0 heterocycles. The van der Waals surface area contributed by atoms with Gasteiger partial charge in [-0.05, 0) is 46.8 Å². The molecule has 0 bridgehead atoms. The van der Waals surface area contributed by atoms with Gasteiger partial charge in [-0.2, -0.15) is 0 Å². The summed E-state index contributed by atoms with van der Waals surface area (Å²) in [5.41, 5.74) is 2.88. The van der Waals surface area contributed by atoms with E-state index >= 15 is 0 Å². The Morgan fingerprint density at radius 2 is 1.47 bits per heavy atom. The molecular weight excluding hydrogens is 380 g/mol. The van der Waals surface area contributed by atoms with Crippen molar-refractivity contribution in [2.24, 2.45) is 5.41 Å². The molecule has 1 nitrogen and oxygen atoms in total. The van der Waals surface area contributed by atoms with E-state index in [9.17, 15) is 5.11 Å². The van der Waals surface area contributed by atoms with Crippen LogP contribution in [0.15, 0.2) is 18.2 Å². The van der Waals surface area contributed by atoms with Crippen LogP contribution in [0, 0.1) is 5.41 Å². The van der Waals surface area contributed by atoms with Gasteiger partial charge in [-0.15, -0.1) is 0 Å². The Morgan fingerprint density at radius 3 is 2.03 bits per heavy atom. The molecule has 0 spiro atoms.